The summed E-state index contributed by atoms with van der Waals surface area (Å²) in [4.78, 5) is 11.2. The van der Waals surface area contributed by atoms with Crippen molar-refractivity contribution in [1.82, 2.24) is 0 Å². The second kappa shape index (κ2) is 5.29. The topological polar surface area (TPSA) is 63.3 Å². The highest BCUT2D eigenvalue weighted by Crippen LogP contribution is 2.47. The zero-order chi connectivity index (χ0) is 15.8. The molecule has 0 aliphatic rings. The molecular formula is C14H9ClF3NO2. The standard InChI is InChI=1S/C14H9ClF3NO2/c15-9-6-8(13(19)21)12(20)10(11(9)14(16,17)18)7-4-2-1-3-5-7/h1-6,20H,(H2,19,21). The van der Waals surface area contributed by atoms with Crippen LogP contribution in [0.4, 0.5) is 13.2 Å². The molecule has 3 N–H and O–H groups in total. The lowest BCUT2D eigenvalue weighted by atomic mass is 9.95. The van der Waals surface area contributed by atoms with E-state index in [0.29, 0.717) is 6.07 Å². The van der Waals surface area contributed by atoms with Crippen LogP contribution in [0.2, 0.25) is 5.02 Å². The van der Waals surface area contributed by atoms with Gasteiger partial charge in [0.2, 0.25) is 0 Å². The molecule has 21 heavy (non-hydrogen) atoms. The number of carbonyl (C=O) groups excluding carboxylic acids is 1. The van der Waals surface area contributed by atoms with Crippen LogP contribution in [0.5, 0.6) is 5.75 Å². The Morgan fingerprint density at radius 1 is 1.19 bits per heavy atom. The minimum absolute atomic E-state index is 0.0762. The van der Waals surface area contributed by atoms with E-state index in [-0.39, 0.29) is 5.56 Å². The van der Waals surface area contributed by atoms with Gasteiger partial charge in [0.1, 0.15) is 5.75 Å². The Balaban J connectivity index is 2.90. The number of benzene rings is 2. The third kappa shape index (κ3) is 2.80. The van der Waals surface area contributed by atoms with Crippen molar-refractivity contribution in [2.75, 3.05) is 0 Å². The molecule has 0 aromatic heterocycles. The molecule has 0 saturated carbocycles. The van der Waals surface area contributed by atoms with E-state index in [1.807, 2.05) is 0 Å². The number of hydrogen-bond donors (Lipinski definition) is 2. The van der Waals surface area contributed by atoms with Crippen molar-refractivity contribution in [3.8, 4) is 16.9 Å². The Morgan fingerprint density at radius 2 is 1.76 bits per heavy atom. The second-order valence-corrected chi connectivity index (χ2v) is 4.64. The van der Waals surface area contributed by atoms with Gasteiger partial charge in [0.05, 0.1) is 16.1 Å². The lowest BCUT2D eigenvalue weighted by Crippen LogP contribution is -2.15. The van der Waals surface area contributed by atoms with E-state index in [0.717, 1.165) is 0 Å². The Labute approximate surface area is 122 Å². The Morgan fingerprint density at radius 3 is 2.24 bits per heavy atom. The van der Waals surface area contributed by atoms with Gasteiger partial charge < -0.3 is 10.8 Å². The fourth-order valence-electron chi connectivity index (χ4n) is 1.99. The summed E-state index contributed by atoms with van der Waals surface area (Å²) in [5.74, 6) is -1.91. The summed E-state index contributed by atoms with van der Waals surface area (Å²) in [6.07, 6.45) is -4.80. The molecule has 0 bridgehead atoms. The number of phenols is 1. The van der Waals surface area contributed by atoms with Gasteiger partial charge >= 0.3 is 6.18 Å². The van der Waals surface area contributed by atoms with Gasteiger partial charge in [-0.2, -0.15) is 13.2 Å². The number of nitrogens with two attached hydrogens (primary N) is 1. The van der Waals surface area contributed by atoms with Gasteiger partial charge in [-0.1, -0.05) is 41.9 Å². The van der Waals surface area contributed by atoms with E-state index in [4.69, 9.17) is 17.3 Å². The highest BCUT2D eigenvalue weighted by molar-refractivity contribution is 6.32. The predicted molar refractivity (Wildman–Crippen MR) is 72.1 cm³/mol. The normalized spacial score (nSPS) is 11.4. The van der Waals surface area contributed by atoms with Gasteiger partial charge in [-0.05, 0) is 11.6 Å². The smallest absolute Gasteiger partial charge is 0.418 e. The van der Waals surface area contributed by atoms with Gasteiger partial charge in [0, 0.05) is 5.56 Å². The van der Waals surface area contributed by atoms with E-state index < -0.39 is 39.5 Å². The van der Waals surface area contributed by atoms with Crippen molar-refractivity contribution in [1.29, 1.82) is 0 Å². The molecule has 110 valence electrons. The molecule has 2 aromatic carbocycles. The Bertz CT molecular complexity index is 700. The maximum atomic E-state index is 13.2. The summed E-state index contributed by atoms with van der Waals surface area (Å²) in [6, 6.07) is 8.05. The van der Waals surface area contributed by atoms with Crippen LogP contribution < -0.4 is 5.73 Å². The fourth-order valence-corrected chi connectivity index (χ4v) is 2.30. The number of hydrogen-bond acceptors (Lipinski definition) is 2. The quantitative estimate of drug-likeness (QED) is 0.884. The molecular weight excluding hydrogens is 307 g/mol. The number of amides is 1. The summed E-state index contributed by atoms with van der Waals surface area (Å²) < 4.78 is 39.6. The maximum Gasteiger partial charge on any atom is 0.418 e. The molecule has 1 amide bonds. The molecule has 0 aliphatic heterocycles. The molecule has 0 spiro atoms. The molecule has 0 atom stereocenters. The van der Waals surface area contributed by atoms with Crippen LogP contribution in [0.25, 0.3) is 11.1 Å². The van der Waals surface area contributed by atoms with E-state index in [9.17, 15) is 23.1 Å². The van der Waals surface area contributed by atoms with Gasteiger partial charge in [-0.25, -0.2) is 0 Å². The third-order valence-corrected chi connectivity index (χ3v) is 3.16. The monoisotopic (exact) mass is 315 g/mol. The summed E-state index contributed by atoms with van der Waals surface area (Å²) >= 11 is 5.65. The summed E-state index contributed by atoms with van der Waals surface area (Å²) in [5.41, 5.74) is 2.89. The first kappa shape index (κ1) is 15.2. The van der Waals surface area contributed by atoms with Crippen molar-refractivity contribution < 1.29 is 23.1 Å². The average molecular weight is 316 g/mol. The molecule has 0 heterocycles. The van der Waals surface area contributed by atoms with Crippen LogP contribution >= 0.6 is 11.6 Å². The zero-order valence-corrected chi connectivity index (χ0v) is 11.2. The molecule has 7 heteroatoms. The van der Waals surface area contributed by atoms with E-state index in [2.05, 4.69) is 0 Å². The van der Waals surface area contributed by atoms with Gasteiger partial charge in [0.25, 0.3) is 5.91 Å². The minimum atomic E-state index is -4.80. The van der Waals surface area contributed by atoms with E-state index in [1.54, 1.807) is 6.07 Å². The van der Waals surface area contributed by atoms with Crippen molar-refractivity contribution >= 4 is 17.5 Å². The lowest BCUT2D eigenvalue weighted by molar-refractivity contribution is -0.137. The molecule has 0 saturated heterocycles. The summed E-state index contributed by atoms with van der Waals surface area (Å²) in [6.45, 7) is 0. The molecule has 0 radical (unpaired) electrons. The first-order valence-corrected chi connectivity index (χ1v) is 6.09. The van der Waals surface area contributed by atoms with Crippen LogP contribution in [-0.2, 0) is 6.18 Å². The maximum absolute atomic E-state index is 13.2. The number of aromatic hydroxyl groups is 1. The van der Waals surface area contributed by atoms with Crippen LogP contribution in [0, 0.1) is 0 Å². The SMILES string of the molecule is NC(=O)c1cc(Cl)c(C(F)(F)F)c(-c2ccccc2)c1O. The third-order valence-electron chi connectivity index (χ3n) is 2.86. The van der Waals surface area contributed by atoms with Crippen molar-refractivity contribution in [2.45, 2.75) is 6.18 Å². The van der Waals surface area contributed by atoms with E-state index >= 15 is 0 Å². The van der Waals surface area contributed by atoms with Crippen molar-refractivity contribution in [3.05, 3.63) is 52.5 Å². The number of rotatable bonds is 2. The zero-order valence-electron chi connectivity index (χ0n) is 10.4. The van der Waals surface area contributed by atoms with Gasteiger partial charge in [0.15, 0.2) is 0 Å². The number of carbonyl (C=O) groups is 1. The fraction of sp³-hybridized carbons (Fsp3) is 0.0714. The summed E-state index contributed by atoms with van der Waals surface area (Å²) in [7, 11) is 0. The highest BCUT2D eigenvalue weighted by Gasteiger charge is 2.39. The van der Waals surface area contributed by atoms with Crippen LogP contribution in [-0.4, -0.2) is 11.0 Å². The summed E-state index contributed by atoms with van der Waals surface area (Å²) in [5, 5.41) is 9.32. The largest absolute Gasteiger partial charge is 0.506 e. The first-order valence-electron chi connectivity index (χ1n) is 5.71. The number of alkyl halides is 3. The Hall–Kier alpha value is -2.21. The molecule has 0 fully saturated rings. The minimum Gasteiger partial charge on any atom is -0.506 e. The molecule has 3 nitrogen and oxygen atoms in total. The van der Waals surface area contributed by atoms with Crippen LogP contribution in [0.1, 0.15) is 15.9 Å². The molecule has 0 aliphatic carbocycles. The second-order valence-electron chi connectivity index (χ2n) is 4.23. The molecule has 2 rings (SSSR count). The molecule has 0 unspecified atom stereocenters. The number of halogens is 4. The predicted octanol–water partition coefficient (Wildman–Crippen LogP) is 3.83. The van der Waals surface area contributed by atoms with E-state index in [1.165, 1.54) is 24.3 Å². The van der Waals surface area contributed by atoms with Gasteiger partial charge in [-0.15, -0.1) is 0 Å². The first-order chi connectivity index (χ1) is 9.73. The number of primary amides is 1. The van der Waals surface area contributed by atoms with Crippen LogP contribution in [0.3, 0.4) is 0 Å². The molecule has 2 aromatic rings. The van der Waals surface area contributed by atoms with Crippen LogP contribution in [0.15, 0.2) is 36.4 Å². The van der Waals surface area contributed by atoms with Crippen molar-refractivity contribution in [3.63, 3.8) is 0 Å². The Kier molecular flexibility index (Phi) is 3.82. The van der Waals surface area contributed by atoms with Crippen molar-refractivity contribution in [2.24, 2.45) is 5.73 Å². The highest BCUT2D eigenvalue weighted by atomic mass is 35.5. The average Bonchev–Trinajstić information content (AvgIpc) is 2.39. The van der Waals surface area contributed by atoms with Gasteiger partial charge in [-0.3, -0.25) is 4.79 Å². The lowest BCUT2D eigenvalue weighted by Gasteiger charge is -2.18.